The summed E-state index contributed by atoms with van der Waals surface area (Å²) < 4.78 is 13.2. The molecule has 1 aliphatic heterocycles. The van der Waals surface area contributed by atoms with E-state index in [0.29, 0.717) is 35.3 Å². The number of piperidine rings is 1. The SMILES string of the molecule is O=C(CCC1CCN(C(=O)C2CC23CCC3)CC1)Nc1ccc(F)c(Cl)c1. The first-order valence-electron chi connectivity index (χ1n) is 10.0. The zero-order valence-corrected chi connectivity index (χ0v) is 16.2. The summed E-state index contributed by atoms with van der Waals surface area (Å²) in [5.41, 5.74) is 0.913. The fraction of sp³-hybridized carbons (Fsp3) is 0.619. The van der Waals surface area contributed by atoms with Crippen molar-refractivity contribution in [3.05, 3.63) is 29.0 Å². The number of carbonyl (C=O) groups is 2. The Kier molecular flexibility index (Phi) is 5.15. The van der Waals surface area contributed by atoms with Crippen molar-refractivity contribution in [2.75, 3.05) is 18.4 Å². The highest BCUT2D eigenvalue weighted by molar-refractivity contribution is 6.31. The van der Waals surface area contributed by atoms with Crippen LogP contribution in [0.4, 0.5) is 10.1 Å². The lowest BCUT2D eigenvalue weighted by atomic mass is 9.79. The zero-order chi connectivity index (χ0) is 19.0. The Labute approximate surface area is 164 Å². The topological polar surface area (TPSA) is 49.4 Å². The number of hydrogen-bond acceptors (Lipinski definition) is 2. The Hall–Kier alpha value is -1.62. The summed E-state index contributed by atoms with van der Waals surface area (Å²) >= 11 is 5.73. The average molecular weight is 393 g/mol. The predicted octanol–water partition coefficient (Wildman–Crippen LogP) is 4.63. The number of rotatable bonds is 5. The van der Waals surface area contributed by atoms with E-state index < -0.39 is 5.82 Å². The monoisotopic (exact) mass is 392 g/mol. The van der Waals surface area contributed by atoms with Crippen LogP contribution in [0.3, 0.4) is 0 Å². The summed E-state index contributed by atoms with van der Waals surface area (Å²) in [5.74, 6) is 0.579. The van der Waals surface area contributed by atoms with Crippen LogP contribution in [0.5, 0.6) is 0 Å². The van der Waals surface area contributed by atoms with Crippen LogP contribution in [0, 0.1) is 23.1 Å². The molecule has 3 aliphatic rings. The van der Waals surface area contributed by atoms with Crippen LogP contribution < -0.4 is 5.32 Å². The molecule has 1 saturated heterocycles. The number of amides is 2. The Morgan fingerprint density at radius 1 is 1.26 bits per heavy atom. The molecule has 1 spiro atoms. The first kappa shape index (κ1) is 18.7. The molecule has 4 nitrogen and oxygen atoms in total. The average Bonchev–Trinajstić information content (AvgIpc) is 3.40. The largest absolute Gasteiger partial charge is 0.342 e. The number of hydrogen-bond donors (Lipinski definition) is 1. The minimum absolute atomic E-state index is 0.00387. The van der Waals surface area contributed by atoms with Gasteiger partial charge < -0.3 is 10.2 Å². The summed E-state index contributed by atoms with van der Waals surface area (Å²) in [5, 5.41) is 2.77. The highest BCUT2D eigenvalue weighted by atomic mass is 35.5. The van der Waals surface area contributed by atoms with Crippen molar-refractivity contribution in [3.63, 3.8) is 0 Å². The molecule has 1 N–H and O–H groups in total. The van der Waals surface area contributed by atoms with Crippen molar-refractivity contribution in [1.29, 1.82) is 0 Å². The Morgan fingerprint density at radius 3 is 2.59 bits per heavy atom. The third-order valence-corrected chi connectivity index (χ3v) is 7.04. The van der Waals surface area contributed by atoms with Gasteiger partial charge in [0.05, 0.1) is 5.02 Å². The number of benzene rings is 1. The Balaban J connectivity index is 1.17. The molecule has 0 bridgehead atoms. The smallest absolute Gasteiger partial charge is 0.226 e. The summed E-state index contributed by atoms with van der Waals surface area (Å²) in [6.45, 7) is 1.65. The molecule has 0 radical (unpaired) electrons. The van der Waals surface area contributed by atoms with E-state index in [4.69, 9.17) is 11.6 Å². The fourth-order valence-electron chi connectivity index (χ4n) is 4.68. The molecule has 1 unspecified atom stereocenters. The van der Waals surface area contributed by atoms with Gasteiger partial charge >= 0.3 is 0 Å². The van der Waals surface area contributed by atoms with Crippen molar-refractivity contribution in [2.24, 2.45) is 17.3 Å². The number of likely N-dealkylation sites (tertiary alicyclic amines) is 1. The van der Waals surface area contributed by atoms with Gasteiger partial charge in [0, 0.05) is 31.1 Å². The van der Waals surface area contributed by atoms with Crippen LogP contribution in [0.25, 0.3) is 0 Å². The Bertz CT molecular complexity index is 742. The van der Waals surface area contributed by atoms with Gasteiger partial charge in [-0.25, -0.2) is 4.39 Å². The molecule has 1 heterocycles. The van der Waals surface area contributed by atoms with Gasteiger partial charge in [0.25, 0.3) is 0 Å². The number of anilines is 1. The molecule has 1 aromatic rings. The van der Waals surface area contributed by atoms with Crippen LogP contribution in [-0.4, -0.2) is 29.8 Å². The van der Waals surface area contributed by atoms with E-state index in [9.17, 15) is 14.0 Å². The first-order chi connectivity index (χ1) is 13.0. The van der Waals surface area contributed by atoms with Crippen molar-refractivity contribution < 1.29 is 14.0 Å². The molecular formula is C21H26ClFN2O2. The van der Waals surface area contributed by atoms with E-state index in [1.807, 2.05) is 0 Å². The van der Waals surface area contributed by atoms with Crippen molar-refractivity contribution in [1.82, 2.24) is 4.90 Å². The maximum atomic E-state index is 13.2. The number of carbonyl (C=O) groups excluding carboxylic acids is 2. The maximum Gasteiger partial charge on any atom is 0.226 e. The van der Waals surface area contributed by atoms with Crippen LogP contribution in [0.15, 0.2) is 18.2 Å². The number of nitrogens with zero attached hydrogens (tertiary/aromatic N) is 1. The van der Waals surface area contributed by atoms with E-state index in [2.05, 4.69) is 10.2 Å². The second-order valence-electron chi connectivity index (χ2n) is 8.46. The Morgan fingerprint density at radius 2 is 2.00 bits per heavy atom. The fourth-order valence-corrected chi connectivity index (χ4v) is 4.86. The third kappa shape index (κ3) is 3.98. The van der Waals surface area contributed by atoms with E-state index in [-0.39, 0.29) is 10.9 Å². The van der Waals surface area contributed by atoms with E-state index >= 15 is 0 Å². The van der Waals surface area contributed by atoms with Crippen LogP contribution in [0.1, 0.15) is 51.4 Å². The van der Waals surface area contributed by atoms with E-state index in [1.165, 1.54) is 37.5 Å². The second kappa shape index (κ2) is 7.42. The summed E-state index contributed by atoms with van der Waals surface area (Å²) in [6.07, 6.45) is 8.08. The molecule has 0 aromatic heterocycles. The third-order valence-electron chi connectivity index (χ3n) is 6.75. The highest BCUT2D eigenvalue weighted by Crippen LogP contribution is 2.66. The van der Waals surface area contributed by atoms with Gasteiger partial charge in [-0.2, -0.15) is 0 Å². The lowest BCUT2D eigenvalue weighted by Crippen LogP contribution is -2.40. The molecule has 4 rings (SSSR count). The first-order valence-corrected chi connectivity index (χ1v) is 10.4. The normalized spacial score (nSPS) is 23.8. The summed E-state index contributed by atoms with van der Waals surface area (Å²) in [7, 11) is 0. The molecule has 27 heavy (non-hydrogen) atoms. The quantitative estimate of drug-likeness (QED) is 0.794. The molecule has 2 amide bonds. The van der Waals surface area contributed by atoms with Crippen molar-refractivity contribution in [3.8, 4) is 0 Å². The minimum atomic E-state index is -0.495. The summed E-state index contributed by atoms with van der Waals surface area (Å²) in [6, 6.07) is 4.18. The maximum absolute atomic E-state index is 13.2. The molecule has 6 heteroatoms. The van der Waals surface area contributed by atoms with E-state index in [1.54, 1.807) is 0 Å². The minimum Gasteiger partial charge on any atom is -0.342 e. The molecule has 3 fully saturated rings. The van der Waals surface area contributed by atoms with Gasteiger partial charge in [-0.1, -0.05) is 18.0 Å². The van der Waals surface area contributed by atoms with Gasteiger partial charge in [0.2, 0.25) is 11.8 Å². The molecule has 1 aromatic carbocycles. The standard InChI is InChI=1S/C21H26ClFN2O2/c22-17-12-15(3-4-18(17)23)24-19(26)5-2-14-6-10-25(11-7-14)20(27)16-13-21(16)8-1-9-21/h3-4,12,14,16H,1-2,5-11,13H2,(H,24,26). The molecule has 146 valence electrons. The summed E-state index contributed by atoms with van der Waals surface area (Å²) in [4.78, 5) is 26.8. The van der Waals surface area contributed by atoms with Crippen LogP contribution in [0.2, 0.25) is 5.02 Å². The van der Waals surface area contributed by atoms with Crippen molar-refractivity contribution >= 4 is 29.1 Å². The second-order valence-corrected chi connectivity index (χ2v) is 8.86. The predicted molar refractivity (Wildman–Crippen MR) is 103 cm³/mol. The lowest BCUT2D eigenvalue weighted by molar-refractivity contribution is -0.135. The molecule has 2 aliphatic carbocycles. The number of halogens is 2. The van der Waals surface area contributed by atoms with Gasteiger partial charge in [-0.05, 0) is 68.1 Å². The van der Waals surface area contributed by atoms with Gasteiger partial charge in [0.1, 0.15) is 5.82 Å². The lowest BCUT2D eigenvalue weighted by Gasteiger charge is -2.34. The van der Waals surface area contributed by atoms with Crippen LogP contribution in [-0.2, 0) is 9.59 Å². The van der Waals surface area contributed by atoms with Crippen LogP contribution >= 0.6 is 11.6 Å². The zero-order valence-electron chi connectivity index (χ0n) is 15.5. The molecular weight excluding hydrogens is 367 g/mol. The van der Waals surface area contributed by atoms with Gasteiger partial charge in [-0.3, -0.25) is 9.59 Å². The molecule has 2 saturated carbocycles. The van der Waals surface area contributed by atoms with E-state index in [0.717, 1.165) is 38.8 Å². The highest BCUT2D eigenvalue weighted by Gasteiger charge is 2.61. The molecule has 1 atom stereocenters. The van der Waals surface area contributed by atoms with Gasteiger partial charge in [0.15, 0.2) is 0 Å². The van der Waals surface area contributed by atoms with Crippen molar-refractivity contribution in [2.45, 2.75) is 51.4 Å². The number of nitrogens with one attached hydrogen (secondary N) is 1. The van der Waals surface area contributed by atoms with Gasteiger partial charge in [-0.15, -0.1) is 0 Å².